The first kappa shape index (κ1) is 11.1. The van der Waals surface area contributed by atoms with Gasteiger partial charge < -0.3 is 4.79 Å². The lowest BCUT2D eigenvalue weighted by Gasteiger charge is -2.20. The molecule has 0 amide bonds. The molecule has 1 aromatic carbocycles. The van der Waals surface area contributed by atoms with Crippen LogP contribution in [0.15, 0.2) is 24.3 Å². The number of carbonyl (C=O) groups excluding carboxylic acids is 2. The first-order valence-electron chi connectivity index (χ1n) is 5.65. The molecule has 0 aromatic heterocycles. The van der Waals surface area contributed by atoms with Crippen molar-refractivity contribution in [3.63, 3.8) is 0 Å². The minimum Gasteiger partial charge on any atom is -0.300 e. The largest absolute Gasteiger partial charge is 0.300 e. The number of benzene rings is 1. The molecule has 0 aliphatic heterocycles. The molecule has 1 aliphatic carbocycles. The Morgan fingerprint density at radius 3 is 2.69 bits per heavy atom. The van der Waals surface area contributed by atoms with Crippen LogP contribution in [-0.2, 0) is 11.2 Å². The molecule has 0 spiro atoms. The summed E-state index contributed by atoms with van der Waals surface area (Å²) in [6.45, 7) is 3.55. The molecule has 0 saturated carbocycles. The van der Waals surface area contributed by atoms with Crippen molar-refractivity contribution in [1.82, 2.24) is 0 Å². The standard InChI is InChI=1S/C14H16O2/c1-10(15)7-8-14(2)9-11-5-3-4-6-12(11)13(14)16/h3-6H,7-9H2,1-2H3. The van der Waals surface area contributed by atoms with Gasteiger partial charge in [-0.1, -0.05) is 31.2 Å². The van der Waals surface area contributed by atoms with Crippen molar-refractivity contribution < 1.29 is 9.59 Å². The lowest BCUT2D eigenvalue weighted by molar-refractivity contribution is -0.117. The predicted molar refractivity (Wildman–Crippen MR) is 62.5 cm³/mol. The summed E-state index contributed by atoms with van der Waals surface area (Å²) in [4.78, 5) is 23.2. The average molecular weight is 216 g/mol. The Bertz CT molecular complexity index is 448. The number of carbonyl (C=O) groups is 2. The Kier molecular flexibility index (Phi) is 2.66. The van der Waals surface area contributed by atoms with Crippen LogP contribution >= 0.6 is 0 Å². The summed E-state index contributed by atoms with van der Waals surface area (Å²) in [7, 11) is 0. The molecule has 0 saturated heterocycles. The van der Waals surface area contributed by atoms with Crippen molar-refractivity contribution in [2.45, 2.75) is 33.1 Å². The van der Waals surface area contributed by atoms with Gasteiger partial charge in [0.05, 0.1) is 0 Å². The first-order valence-corrected chi connectivity index (χ1v) is 5.65. The van der Waals surface area contributed by atoms with Crippen LogP contribution in [0.5, 0.6) is 0 Å². The van der Waals surface area contributed by atoms with Gasteiger partial charge in [-0.15, -0.1) is 0 Å². The Morgan fingerprint density at radius 1 is 1.38 bits per heavy atom. The van der Waals surface area contributed by atoms with Crippen molar-refractivity contribution in [1.29, 1.82) is 0 Å². The molecule has 2 rings (SSSR count). The summed E-state index contributed by atoms with van der Waals surface area (Å²) in [6.07, 6.45) is 1.93. The third-order valence-corrected chi connectivity index (χ3v) is 3.42. The van der Waals surface area contributed by atoms with Crippen molar-refractivity contribution >= 4 is 11.6 Å². The highest BCUT2D eigenvalue weighted by Gasteiger charge is 2.40. The third kappa shape index (κ3) is 1.80. The monoisotopic (exact) mass is 216 g/mol. The highest BCUT2D eigenvalue weighted by Crippen LogP contribution is 2.39. The average Bonchev–Trinajstić information content (AvgIpc) is 2.50. The van der Waals surface area contributed by atoms with Gasteiger partial charge in [0, 0.05) is 17.4 Å². The summed E-state index contributed by atoms with van der Waals surface area (Å²) in [6, 6.07) is 7.75. The van der Waals surface area contributed by atoms with Crippen LogP contribution in [-0.4, -0.2) is 11.6 Å². The summed E-state index contributed by atoms with van der Waals surface area (Å²) < 4.78 is 0. The van der Waals surface area contributed by atoms with E-state index in [4.69, 9.17) is 0 Å². The van der Waals surface area contributed by atoms with Crippen LogP contribution < -0.4 is 0 Å². The van der Waals surface area contributed by atoms with E-state index in [1.165, 1.54) is 0 Å². The molecule has 0 bridgehead atoms. The lowest BCUT2D eigenvalue weighted by Crippen LogP contribution is -2.24. The molecule has 1 unspecified atom stereocenters. The van der Waals surface area contributed by atoms with E-state index in [1.807, 2.05) is 31.2 Å². The van der Waals surface area contributed by atoms with Crippen molar-refractivity contribution in [2.24, 2.45) is 5.41 Å². The van der Waals surface area contributed by atoms with Gasteiger partial charge in [0.25, 0.3) is 0 Å². The second-order valence-corrected chi connectivity index (χ2v) is 4.93. The Balaban J connectivity index is 2.23. The molecular formula is C14H16O2. The van der Waals surface area contributed by atoms with Gasteiger partial charge >= 0.3 is 0 Å². The van der Waals surface area contributed by atoms with Gasteiger partial charge in [-0.2, -0.15) is 0 Å². The van der Waals surface area contributed by atoms with Gasteiger partial charge in [-0.3, -0.25) is 4.79 Å². The molecule has 2 heteroatoms. The van der Waals surface area contributed by atoms with Crippen LogP contribution in [0.3, 0.4) is 0 Å². The summed E-state index contributed by atoms with van der Waals surface area (Å²) in [5.74, 6) is 0.356. The number of Topliss-reactive ketones (excluding diaryl/α,β-unsaturated/α-hetero) is 2. The SMILES string of the molecule is CC(=O)CCC1(C)Cc2ccccc2C1=O. The van der Waals surface area contributed by atoms with Gasteiger partial charge in [-0.05, 0) is 25.3 Å². The molecule has 0 fully saturated rings. The number of hydrogen-bond donors (Lipinski definition) is 0. The number of hydrogen-bond acceptors (Lipinski definition) is 2. The topological polar surface area (TPSA) is 34.1 Å². The van der Waals surface area contributed by atoms with Crippen LogP contribution in [0.1, 0.15) is 42.6 Å². The molecule has 16 heavy (non-hydrogen) atoms. The number of fused-ring (bicyclic) bond motifs is 1. The van der Waals surface area contributed by atoms with E-state index in [-0.39, 0.29) is 17.0 Å². The van der Waals surface area contributed by atoms with Crippen LogP contribution in [0, 0.1) is 5.41 Å². The molecule has 1 atom stereocenters. The molecular weight excluding hydrogens is 200 g/mol. The Hall–Kier alpha value is -1.44. The van der Waals surface area contributed by atoms with E-state index in [0.29, 0.717) is 12.8 Å². The molecule has 1 aliphatic rings. The first-order chi connectivity index (χ1) is 7.53. The van der Waals surface area contributed by atoms with Gasteiger partial charge in [-0.25, -0.2) is 0 Å². The van der Waals surface area contributed by atoms with E-state index < -0.39 is 0 Å². The third-order valence-electron chi connectivity index (χ3n) is 3.42. The maximum atomic E-state index is 12.2. The van der Waals surface area contributed by atoms with Crippen molar-refractivity contribution in [3.8, 4) is 0 Å². The Labute approximate surface area is 95.7 Å². The van der Waals surface area contributed by atoms with Gasteiger partial charge in [0.1, 0.15) is 5.78 Å². The maximum absolute atomic E-state index is 12.2. The summed E-state index contributed by atoms with van der Waals surface area (Å²) >= 11 is 0. The van der Waals surface area contributed by atoms with Crippen molar-refractivity contribution in [3.05, 3.63) is 35.4 Å². The zero-order chi connectivity index (χ0) is 11.8. The van der Waals surface area contributed by atoms with E-state index in [0.717, 1.165) is 17.5 Å². The lowest BCUT2D eigenvalue weighted by atomic mass is 9.81. The van der Waals surface area contributed by atoms with E-state index >= 15 is 0 Å². The highest BCUT2D eigenvalue weighted by molar-refractivity contribution is 6.04. The minimum atomic E-state index is -0.366. The van der Waals surface area contributed by atoms with Gasteiger partial charge in [0.2, 0.25) is 0 Å². The zero-order valence-corrected chi connectivity index (χ0v) is 9.75. The molecule has 0 radical (unpaired) electrons. The van der Waals surface area contributed by atoms with Crippen LogP contribution in [0.25, 0.3) is 0 Å². The molecule has 84 valence electrons. The van der Waals surface area contributed by atoms with Crippen molar-refractivity contribution in [2.75, 3.05) is 0 Å². The summed E-state index contributed by atoms with van der Waals surface area (Å²) in [5.41, 5.74) is 1.60. The summed E-state index contributed by atoms with van der Waals surface area (Å²) in [5, 5.41) is 0. The highest BCUT2D eigenvalue weighted by atomic mass is 16.1. The Morgan fingerprint density at radius 2 is 2.06 bits per heavy atom. The van der Waals surface area contributed by atoms with Crippen LogP contribution in [0.2, 0.25) is 0 Å². The fraction of sp³-hybridized carbons (Fsp3) is 0.429. The quantitative estimate of drug-likeness (QED) is 0.778. The molecule has 1 aromatic rings. The zero-order valence-electron chi connectivity index (χ0n) is 9.75. The van der Waals surface area contributed by atoms with E-state index in [9.17, 15) is 9.59 Å². The minimum absolute atomic E-state index is 0.157. The smallest absolute Gasteiger partial charge is 0.169 e. The number of ketones is 2. The molecule has 0 N–H and O–H groups in total. The molecule has 0 heterocycles. The maximum Gasteiger partial charge on any atom is 0.169 e. The molecule has 2 nitrogen and oxygen atoms in total. The fourth-order valence-electron chi connectivity index (χ4n) is 2.38. The van der Waals surface area contributed by atoms with E-state index in [1.54, 1.807) is 6.92 Å². The van der Waals surface area contributed by atoms with E-state index in [2.05, 4.69) is 0 Å². The fourth-order valence-corrected chi connectivity index (χ4v) is 2.38. The predicted octanol–water partition coefficient (Wildman–Crippen LogP) is 2.80. The van der Waals surface area contributed by atoms with Crippen LogP contribution in [0.4, 0.5) is 0 Å². The number of rotatable bonds is 3. The second-order valence-electron chi connectivity index (χ2n) is 4.93. The normalized spacial score (nSPS) is 23.2. The van der Waals surface area contributed by atoms with Gasteiger partial charge in [0.15, 0.2) is 5.78 Å². The second kappa shape index (κ2) is 3.85.